The summed E-state index contributed by atoms with van der Waals surface area (Å²) in [6.07, 6.45) is 2.84. The molecule has 0 spiro atoms. The van der Waals surface area contributed by atoms with Gasteiger partial charge in [-0.15, -0.1) is 0 Å². The molecule has 3 heteroatoms. The highest BCUT2D eigenvalue weighted by atomic mass is 15.0. The summed E-state index contributed by atoms with van der Waals surface area (Å²) in [4.78, 5) is 4.65. The van der Waals surface area contributed by atoms with Gasteiger partial charge in [0.1, 0.15) is 5.82 Å². The van der Waals surface area contributed by atoms with Crippen LogP contribution in [-0.2, 0) is 13.5 Å². The zero-order chi connectivity index (χ0) is 12.5. The van der Waals surface area contributed by atoms with E-state index in [2.05, 4.69) is 27.9 Å². The van der Waals surface area contributed by atoms with E-state index in [0.29, 0.717) is 0 Å². The minimum absolute atomic E-state index is 0.220. The van der Waals surface area contributed by atoms with Gasteiger partial charge < -0.3 is 10.3 Å². The van der Waals surface area contributed by atoms with E-state index in [1.807, 2.05) is 39.1 Å². The second-order valence-electron chi connectivity index (χ2n) is 5.20. The molecule has 0 radical (unpaired) electrons. The number of hydrogen-bond acceptors (Lipinski definition) is 2. The largest absolute Gasteiger partial charge is 0.334 e. The van der Waals surface area contributed by atoms with Crippen molar-refractivity contribution in [1.29, 1.82) is 0 Å². The fraction of sp³-hybridized carbons (Fsp3) is 0.357. The molecule has 0 saturated carbocycles. The van der Waals surface area contributed by atoms with Gasteiger partial charge in [-0.25, -0.2) is 4.98 Å². The average Bonchev–Trinajstić information content (AvgIpc) is 2.58. The molecule has 1 aromatic carbocycles. The van der Waals surface area contributed by atoms with Crippen LogP contribution in [0.2, 0.25) is 0 Å². The normalized spacial score (nSPS) is 11.8. The zero-order valence-electron chi connectivity index (χ0n) is 10.6. The maximum Gasteiger partial charge on any atom is 0.139 e. The molecule has 0 fully saturated rings. The first-order valence-electron chi connectivity index (χ1n) is 5.82. The first-order valence-corrected chi connectivity index (χ1v) is 5.82. The Bertz CT molecular complexity index is 492. The third-order valence-corrected chi connectivity index (χ3v) is 2.59. The molecule has 0 unspecified atom stereocenters. The first kappa shape index (κ1) is 11.9. The summed E-state index contributed by atoms with van der Waals surface area (Å²) < 4.78 is 2.05. The second kappa shape index (κ2) is 4.34. The smallest absolute Gasteiger partial charge is 0.139 e. The van der Waals surface area contributed by atoms with E-state index in [0.717, 1.165) is 23.5 Å². The fourth-order valence-corrected chi connectivity index (χ4v) is 1.94. The quantitative estimate of drug-likeness (QED) is 0.878. The van der Waals surface area contributed by atoms with Crippen LogP contribution in [0.1, 0.15) is 19.5 Å². The number of nitrogens with two attached hydrogens (primary N) is 1. The summed E-state index contributed by atoms with van der Waals surface area (Å²) in [5.74, 6) is 0.991. The van der Waals surface area contributed by atoms with E-state index in [4.69, 9.17) is 5.73 Å². The number of aromatic nitrogens is 2. The molecule has 1 aromatic heterocycles. The van der Waals surface area contributed by atoms with Crippen LogP contribution >= 0.6 is 0 Å². The average molecular weight is 229 g/mol. The minimum atomic E-state index is -0.220. The molecular weight excluding hydrogens is 210 g/mol. The number of hydrogen-bond donors (Lipinski definition) is 1. The maximum absolute atomic E-state index is 6.02. The van der Waals surface area contributed by atoms with Gasteiger partial charge in [0.05, 0.1) is 5.69 Å². The molecule has 0 saturated heterocycles. The van der Waals surface area contributed by atoms with Crippen LogP contribution in [0, 0.1) is 0 Å². The van der Waals surface area contributed by atoms with Gasteiger partial charge in [0.25, 0.3) is 0 Å². The van der Waals surface area contributed by atoms with Crippen LogP contribution < -0.4 is 5.73 Å². The predicted octanol–water partition coefficient (Wildman–Crippen LogP) is 2.37. The van der Waals surface area contributed by atoms with Crippen molar-refractivity contribution in [3.8, 4) is 11.4 Å². The fourth-order valence-electron chi connectivity index (χ4n) is 1.94. The topological polar surface area (TPSA) is 43.8 Å². The molecule has 2 aromatic rings. The third-order valence-electron chi connectivity index (χ3n) is 2.59. The van der Waals surface area contributed by atoms with Crippen molar-refractivity contribution in [3.05, 3.63) is 42.2 Å². The summed E-state index contributed by atoms with van der Waals surface area (Å²) >= 11 is 0. The molecule has 2 rings (SSSR count). The molecule has 3 nitrogen and oxygen atoms in total. The first-order chi connectivity index (χ1) is 7.96. The zero-order valence-corrected chi connectivity index (χ0v) is 10.6. The van der Waals surface area contributed by atoms with Crippen molar-refractivity contribution >= 4 is 0 Å². The van der Waals surface area contributed by atoms with E-state index < -0.39 is 0 Å². The number of aryl methyl sites for hydroxylation is 1. The lowest BCUT2D eigenvalue weighted by Gasteiger charge is -2.15. The molecule has 2 N–H and O–H groups in total. The lowest BCUT2D eigenvalue weighted by Crippen LogP contribution is -2.34. The van der Waals surface area contributed by atoms with Crippen LogP contribution in [0.3, 0.4) is 0 Å². The van der Waals surface area contributed by atoms with Crippen LogP contribution in [-0.4, -0.2) is 15.1 Å². The van der Waals surface area contributed by atoms with Gasteiger partial charge in [0.15, 0.2) is 0 Å². The molecule has 0 aliphatic rings. The van der Waals surface area contributed by atoms with Crippen molar-refractivity contribution in [2.75, 3.05) is 0 Å². The summed E-state index contributed by atoms with van der Waals surface area (Å²) in [5.41, 5.74) is 7.97. The summed E-state index contributed by atoms with van der Waals surface area (Å²) in [6.45, 7) is 4.04. The number of rotatable bonds is 3. The maximum atomic E-state index is 6.02. The van der Waals surface area contributed by atoms with Gasteiger partial charge in [0, 0.05) is 30.8 Å². The number of nitrogens with zero attached hydrogens (tertiary/aromatic N) is 2. The minimum Gasteiger partial charge on any atom is -0.334 e. The number of imidazole rings is 1. The highest BCUT2D eigenvalue weighted by Crippen LogP contribution is 2.19. The Labute approximate surface area is 102 Å². The SMILES string of the molecule is Cn1cc(CC(C)(C)N)nc1-c1ccccc1. The van der Waals surface area contributed by atoms with E-state index in [1.54, 1.807) is 0 Å². The lowest BCUT2D eigenvalue weighted by molar-refractivity contribution is 0.511. The van der Waals surface area contributed by atoms with E-state index in [9.17, 15) is 0 Å². The van der Waals surface area contributed by atoms with Crippen molar-refractivity contribution in [2.45, 2.75) is 25.8 Å². The number of benzene rings is 1. The Morgan fingerprint density at radius 3 is 2.47 bits per heavy atom. The molecule has 0 aliphatic heterocycles. The molecule has 1 heterocycles. The van der Waals surface area contributed by atoms with Gasteiger partial charge >= 0.3 is 0 Å². The molecule has 0 bridgehead atoms. The van der Waals surface area contributed by atoms with E-state index in [1.165, 1.54) is 0 Å². The van der Waals surface area contributed by atoms with Gasteiger partial charge in [-0.05, 0) is 13.8 Å². The van der Waals surface area contributed by atoms with Crippen molar-refractivity contribution in [1.82, 2.24) is 9.55 Å². The van der Waals surface area contributed by atoms with E-state index >= 15 is 0 Å². The highest BCUT2D eigenvalue weighted by Gasteiger charge is 2.15. The Morgan fingerprint density at radius 1 is 1.24 bits per heavy atom. The second-order valence-corrected chi connectivity index (χ2v) is 5.20. The van der Waals surface area contributed by atoms with Crippen LogP contribution in [0.25, 0.3) is 11.4 Å². The van der Waals surface area contributed by atoms with Crippen molar-refractivity contribution in [2.24, 2.45) is 12.8 Å². The van der Waals surface area contributed by atoms with Crippen molar-refractivity contribution < 1.29 is 0 Å². The van der Waals surface area contributed by atoms with Gasteiger partial charge in [-0.2, -0.15) is 0 Å². The van der Waals surface area contributed by atoms with Crippen molar-refractivity contribution in [3.63, 3.8) is 0 Å². The summed E-state index contributed by atoms with van der Waals surface area (Å²) in [7, 11) is 2.02. The van der Waals surface area contributed by atoms with Gasteiger partial charge in [-0.1, -0.05) is 30.3 Å². The Kier molecular flexibility index (Phi) is 3.03. The van der Waals surface area contributed by atoms with Crippen LogP contribution in [0.5, 0.6) is 0 Å². The highest BCUT2D eigenvalue weighted by molar-refractivity contribution is 5.55. The monoisotopic (exact) mass is 229 g/mol. The molecule has 90 valence electrons. The summed E-state index contributed by atoms with van der Waals surface area (Å²) in [5, 5.41) is 0. The third kappa shape index (κ3) is 2.94. The molecule has 0 amide bonds. The van der Waals surface area contributed by atoms with Gasteiger partial charge in [-0.3, -0.25) is 0 Å². The Morgan fingerprint density at radius 2 is 1.88 bits per heavy atom. The Balaban J connectivity index is 2.32. The van der Waals surface area contributed by atoms with Crippen LogP contribution in [0.4, 0.5) is 0 Å². The molecular formula is C14H19N3. The molecule has 0 atom stereocenters. The predicted molar refractivity (Wildman–Crippen MR) is 70.6 cm³/mol. The molecule has 17 heavy (non-hydrogen) atoms. The van der Waals surface area contributed by atoms with Gasteiger partial charge in [0.2, 0.25) is 0 Å². The van der Waals surface area contributed by atoms with E-state index in [-0.39, 0.29) is 5.54 Å². The summed E-state index contributed by atoms with van der Waals surface area (Å²) in [6, 6.07) is 10.2. The lowest BCUT2D eigenvalue weighted by atomic mass is 10.0. The standard InChI is InChI=1S/C14H19N3/c1-14(2,15)9-12-10-17(3)13(16-12)11-7-5-4-6-8-11/h4-8,10H,9,15H2,1-3H3. The molecule has 0 aliphatic carbocycles. The van der Waals surface area contributed by atoms with Crippen LogP contribution in [0.15, 0.2) is 36.5 Å². The Hall–Kier alpha value is -1.61.